The van der Waals surface area contributed by atoms with Gasteiger partial charge >= 0.3 is 0 Å². The van der Waals surface area contributed by atoms with Crippen molar-refractivity contribution in [2.24, 2.45) is 5.92 Å². The molecular formula is C25H38Cl2N2O2. The predicted molar refractivity (Wildman–Crippen MR) is 135 cm³/mol. The zero-order valence-corrected chi connectivity index (χ0v) is 20.6. The molecule has 2 aromatic rings. The molecule has 0 radical (unpaired) electrons. The van der Waals surface area contributed by atoms with Gasteiger partial charge < -0.3 is 14.7 Å². The monoisotopic (exact) mass is 468 g/mol. The van der Waals surface area contributed by atoms with Crippen molar-refractivity contribution in [3.05, 3.63) is 60.2 Å². The van der Waals surface area contributed by atoms with Gasteiger partial charge in [0.25, 0.3) is 0 Å². The number of ether oxygens (including phenoxy) is 1. The van der Waals surface area contributed by atoms with Gasteiger partial charge in [-0.05, 0) is 55.0 Å². The second-order valence-corrected chi connectivity index (χ2v) is 8.86. The van der Waals surface area contributed by atoms with Crippen LogP contribution in [0.3, 0.4) is 0 Å². The zero-order valence-electron chi connectivity index (χ0n) is 19.0. The topological polar surface area (TPSA) is 35.9 Å². The Balaban J connectivity index is 0.00000240. The number of benzene rings is 2. The van der Waals surface area contributed by atoms with Crippen LogP contribution in [0, 0.1) is 5.92 Å². The Labute approximate surface area is 200 Å². The van der Waals surface area contributed by atoms with Crippen molar-refractivity contribution in [3.8, 4) is 5.75 Å². The summed E-state index contributed by atoms with van der Waals surface area (Å²) in [5.41, 5.74) is 1.95. The van der Waals surface area contributed by atoms with Crippen molar-refractivity contribution in [2.75, 3.05) is 38.2 Å². The number of anilines is 1. The molecular weight excluding hydrogens is 431 g/mol. The standard InChI is InChI=1S/C25H36N2O2.2ClH/c1-21(2)20-29-24-11-9-23(10-12-24)26(3)16-13-25(28)14-17-27(18-15-25)19-22-7-5-4-6-8-22;;/h4-12,21,28H,13-20H2,1-3H3;2*1H. The molecule has 1 N–H and O–H groups in total. The van der Waals surface area contributed by atoms with Crippen LogP contribution >= 0.6 is 24.8 Å². The van der Waals surface area contributed by atoms with Crippen LogP contribution in [0.5, 0.6) is 5.75 Å². The highest BCUT2D eigenvalue weighted by atomic mass is 35.5. The van der Waals surface area contributed by atoms with Crippen molar-refractivity contribution >= 4 is 30.5 Å². The van der Waals surface area contributed by atoms with Gasteiger partial charge in [0.1, 0.15) is 5.75 Å². The van der Waals surface area contributed by atoms with Crippen LogP contribution in [-0.4, -0.2) is 48.9 Å². The van der Waals surface area contributed by atoms with E-state index in [0.717, 1.165) is 63.5 Å². The van der Waals surface area contributed by atoms with Crippen molar-refractivity contribution < 1.29 is 9.84 Å². The first-order valence-electron chi connectivity index (χ1n) is 10.9. The SMILES string of the molecule is CC(C)COc1ccc(N(C)CCC2(O)CCN(Cc3ccccc3)CC2)cc1.Cl.Cl. The number of hydrogen-bond donors (Lipinski definition) is 1. The molecule has 0 spiro atoms. The van der Waals surface area contributed by atoms with Crippen LogP contribution in [0.15, 0.2) is 54.6 Å². The van der Waals surface area contributed by atoms with E-state index in [2.05, 4.69) is 73.2 Å². The van der Waals surface area contributed by atoms with E-state index in [1.807, 2.05) is 12.1 Å². The highest BCUT2D eigenvalue weighted by molar-refractivity contribution is 5.85. The minimum atomic E-state index is -0.554. The molecule has 4 nitrogen and oxygen atoms in total. The molecule has 0 saturated carbocycles. The molecule has 1 aliphatic rings. The molecule has 0 unspecified atom stereocenters. The van der Waals surface area contributed by atoms with Crippen molar-refractivity contribution in [1.82, 2.24) is 4.90 Å². The van der Waals surface area contributed by atoms with E-state index in [1.165, 1.54) is 5.56 Å². The Morgan fingerprint density at radius 2 is 1.61 bits per heavy atom. The lowest BCUT2D eigenvalue weighted by molar-refractivity contribution is -0.0275. The third kappa shape index (κ3) is 8.89. The summed E-state index contributed by atoms with van der Waals surface area (Å²) in [5, 5.41) is 11.0. The summed E-state index contributed by atoms with van der Waals surface area (Å²) < 4.78 is 5.76. The first-order valence-corrected chi connectivity index (χ1v) is 10.9. The summed E-state index contributed by atoms with van der Waals surface area (Å²) >= 11 is 0. The largest absolute Gasteiger partial charge is 0.493 e. The second kappa shape index (κ2) is 13.2. The molecule has 174 valence electrons. The maximum atomic E-state index is 11.0. The number of piperidine rings is 1. The van der Waals surface area contributed by atoms with E-state index in [9.17, 15) is 5.11 Å². The molecule has 31 heavy (non-hydrogen) atoms. The number of rotatable bonds is 9. The highest BCUT2D eigenvalue weighted by Gasteiger charge is 2.32. The van der Waals surface area contributed by atoms with Crippen molar-refractivity contribution in [1.29, 1.82) is 0 Å². The van der Waals surface area contributed by atoms with E-state index in [-0.39, 0.29) is 24.8 Å². The highest BCUT2D eigenvalue weighted by Crippen LogP contribution is 2.28. The fourth-order valence-electron chi connectivity index (χ4n) is 3.78. The fraction of sp³-hybridized carbons (Fsp3) is 0.520. The van der Waals surface area contributed by atoms with Gasteiger partial charge in [-0.2, -0.15) is 0 Å². The Morgan fingerprint density at radius 3 is 2.19 bits per heavy atom. The summed E-state index contributed by atoms with van der Waals surface area (Å²) in [6.07, 6.45) is 2.49. The Bertz CT molecular complexity index is 733. The summed E-state index contributed by atoms with van der Waals surface area (Å²) in [6, 6.07) is 18.9. The third-order valence-electron chi connectivity index (χ3n) is 5.81. The Morgan fingerprint density at radius 1 is 1.00 bits per heavy atom. The molecule has 3 rings (SSSR count). The minimum absolute atomic E-state index is 0. The lowest BCUT2D eigenvalue weighted by Crippen LogP contribution is -2.45. The molecule has 2 aromatic carbocycles. The molecule has 0 amide bonds. The van der Waals surface area contributed by atoms with Crippen LogP contribution < -0.4 is 9.64 Å². The van der Waals surface area contributed by atoms with Crippen LogP contribution in [-0.2, 0) is 6.54 Å². The van der Waals surface area contributed by atoms with E-state index >= 15 is 0 Å². The molecule has 1 fully saturated rings. The van der Waals surface area contributed by atoms with E-state index in [0.29, 0.717) is 5.92 Å². The van der Waals surface area contributed by atoms with Gasteiger partial charge in [-0.15, -0.1) is 24.8 Å². The Hall–Kier alpha value is -1.46. The molecule has 1 saturated heterocycles. The molecule has 0 aromatic heterocycles. The van der Waals surface area contributed by atoms with Crippen LogP contribution in [0.25, 0.3) is 0 Å². The number of nitrogens with zero attached hydrogens (tertiary/aromatic N) is 2. The first kappa shape index (κ1) is 27.6. The number of halogens is 2. The molecule has 6 heteroatoms. The van der Waals surface area contributed by atoms with Crippen molar-refractivity contribution in [3.63, 3.8) is 0 Å². The molecule has 0 bridgehead atoms. The van der Waals surface area contributed by atoms with E-state index in [1.54, 1.807) is 0 Å². The molecule has 0 atom stereocenters. The molecule has 1 aliphatic heterocycles. The summed E-state index contributed by atoms with van der Waals surface area (Å²) in [7, 11) is 2.10. The fourth-order valence-corrected chi connectivity index (χ4v) is 3.78. The van der Waals surface area contributed by atoms with Crippen LogP contribution in [0.2, 0.25) is 0 Å². The summed E-state index contributed by atoms with van der Waals surface area (Å²) in [5.74, 6) is 1.44. The van der Waals surface area contributed by atoms with Gasteiger partial charge in [0.2, 0.25) is 0 Å². The third-order valence-corrected chi connectivity index (χ3v) is 5.81. The van der Waals surface area contributed by atoms with Gasteiger partial charge in [0.15, 0.2) is 0 Å². The minimum Gasteiger partial charge on any atom is -0.493 e. The maximum absolute atomic E-state index is 11.0. The van der Waals surface area contributed by atoms with E-state index in [4.69, 9.17) is 4.74 Å². The average molecular weight is 469 g/mol. The number of aliphatic hydroxyl groups is 1. The number of likely N-dealkylation sites (tertiary alicyclic amines) is 1. The van der Waals surface area contributed by atoms with Crippen LogP contribution in [0.1, 0.15) is 38.7 Å². The lowest BCUT2D eigenvalue weighted by atomic mass is 9.88. The van der Waals surface area contributed by atoms with Gasteiger partial charge in [-0.1, -0.05) is 44.2 Å². The van der Waals surface area contributed by atoms with Gasteiger partial charge in [0, 0.05) is 38.9 Å². The zero-order chi connectivity index (χ0) is 20.7. The smallest absolute Gasteiger partial charge is 0.119 e. The first-order chi connectivity index (χ1) is 13.9. The van der Waals surface area contributed by atoms with Crippen molar-refractivity contribution in [2.45, 2.75) is 45.3 Å². The Kier molecular flexibility index (Phi) is 11.7. The molecule has 1 heterocycles. The normalized spacial score (nSPS) is 15.6. The second-order valence-electron chi connectivity index (χ2n) is 8.86. The lowest BCUT2D eigenvalue weighted by Gasteiger charge is -2.39. The average Bonchev–Trinajstić information content (AvgIpc) is 2.73. The summed E-state index contributed by atoms with van der Waals surface area (Å²) in [4.78, 5) is 4.67. The summed E-state index contributed by atoms with van der Waals surface area (Å²) in [6.45, 7) is 8.78. The quantitative estimate of drug-likeness (QED) is 0.532. The van der Waals surface area contributed by atoms with E-state index < -0.39 is 5.60 Å². The molecule has 0 aliphatic carbocycles. The number of hydrogen-bond acceptors (Lipinski definition) is 4. The van der Waals surface area contributed by atoms with Crippen LogP contribution in [0.4, 0.5) is 5.69 Å². The maximum Gasteiger partial charge on any atom is 0.119 e. The predicted octanol–water partition coefficient (Wildman–Crippen LogP) is 5.42. The van der Waals surface area contributed by atoms with Gasteiger partial charge in [-0.25, -0.2) is 0 Å². The van der Waals surface area contributed by atoms with Gasteiger partial charge in [0.05, 0.1) is 12.2 Å². The van der Waals surface area contributed by atoms with Gasteiger partial charge in [-0.3, -0.25) is 4.90 Å².